The molecule has 0 bridgehead atoms. The topological polar surface area (TPSA) is 79.7 Å². The SMILES string of the molecule is COc1ccc(CN(C)c2cc([C@@H]3CCOC3)nc(NCCO)n2)cc1. The highest BCUT2D eigenvalue weighted by atomic mass is 16.5. The van der Waals surface area contributed by atoms with Crippen molar-refractivity contribution in [3.8, 4) is 5.75 Å². The minimum absolute atomic E-state index is 0.0388. The van der Waals surface area contributed by atoms with Crippen molar-refractivity contribution in [3.05, 3.63) is 41.6 Å². The van der Waals surface area contributed by atoms with E-state index in [4.69, 9.17) is 14.6 Å². The van der Waals surface area contributed by atoms with E-state index in [1.54, 1.807) is 7.11 Å². The van der Waals surface area contributed by atoms with E-state index in [1.807, 2.05) is 37.4 Å². The second-order valence-electron chi connectivity index (χ2n) is 6.39. The van der Waals surface area contributed by atoms with Gasteiger partial charge in [0.2, 0.25) is 5.95 Å². The van der Waals surface area contributed by atoms with Crippen molar-refractivity contribution in [2.75, 3.05) is 50.7 Å². The lowest BCUT2D eigenvalue weighted by molar-refractivity contribution is 0.193. The number of benzene rings is 1. The van der Waals surface area contributed by atoms with Crippen LogP contribution in [0.25, 0.3) is 0 Å². The lowest BCUT2D eigenvalue weighted by atomic mass is 10.0. The van der Waals surface area contributed by atoms with Crippen LogP contribution in [0.5, 0.6) is 5.75 Å². The summed E-state index contributed by atoms with van der Waals surface area (Å²) in [6, 6.07) is 10.0. The molecule has 0 aliphatic carbocycles. The lowest BCUT2D eigenvalue weighted by Crippen LogP contribution is -2.20. The Bertz CT molecular complexity index is 702. The number of nitrogens with one attached hydrogen (secondary N) is 1. The molecular formula is C19H26N4O3. The predicted octanol–water partition coefficient (Wildman–Crippen LogP) is 2.03. The van der Waals surface area contributed by atoms with E-state index in [0.717, 1.165) is 36.8 Å². The number of ether oxygens (including phenoxy) is 2. The Kier molecular flexibility index (Phi) is 6.25. The smallest absolute Gasteiger partial charge is 0.224 e. The summed E-state index contributed by atoms with van der Waals surface area (Å²) in [5.41, 5.74) is 2.15. The van der Waals surface area contributed by atoms with Crippen LogP contribution in [0.3, 0.4) is 0 Å². The zero-order chi connectivity index (χ0) is 18.4. The predicted molar refractivity (Wildman–Crippen MR) is 101 cm³/mol. The fraction of sp³-hybridized carbons (Fsp3) is 0.474. The molecule has 0 unspecified atom stereocenters. The Balaban J connectivity index is 1.79. The molecule has 0 spiro atoms. The van der Waals surface area contributed by atoms with E-state index < -0.39 is 0 Å². The van der Waals surface area contributed by atoms with Crippen LogP contribution in [0.4, 0.5) is 11.8 Å². The van der Waals surface area contributed by atoms with Crippen LogP contribution in [-0.4, -0.2) is 55.6 Å². The van der Waals surface area contributed by atoms with Gasteiger partial charge in [-0.1, -0.05) is 12.1 Å². The van der Waals surface area contributed by atoms with Gasteiger partial charge in [-0.3, -0.25) is 0 Å². The molecule has 1 aromatic carbocycles. The van der Waals surface area contributed by atoms with Crippen molar-refractivity contribution < 1.29 is 14.6 Å². The van der Waals surface area contributed by atoms with Gasteiger partial charge in [0, 0.05) is 38.7 Å². The van der Waals surface area contributed by atoms with Gasteiger partial charge in [-0.25, -0.2) is 4.98 Å². The van der Waals surface area contributed by atoms with Gasteiger partial charge in [0.25, 0.3) is 0 Å². The van der Waals surface area contributed by atoms with Gasteiger partial charge in [0.15, 0.2) is 0 Å². The van der Waals surface area contributed by atoms with E-state index in [2.05, 4.69) is 20.2 Å². The Labute approximate surface area is 154 Å². The van der Waals surface area contributed by atoms with Crippen LogP contribution in [0.1, 0.15) is 23.6 Å². The van der Waals surface area contributed by atoms with Crippen LogP contribution in [0, 0.1) is 0 Å². The van der Waals surface area contributed by atoms with E-state index >= 15 is 0 Å². The standard InChI is InChI=1S/C19H26N4O3/c1-23(12-14-3-5-16(25-2)6-4-14)18-11-17(15-7-10-26-13-15)21-19(22-18)20-8-9-24/h3-6,11,15,24H,7-10,12-13H2,1-2H3,(H,20,21,22)/t15-/m1/s1. The molecule has 140 valence electrons. The second kappa shape index (κ2) is 8.82. The van der Waals surface area contributed by atoms with Crippen molar-refractivity contribution >= 4 is 11.8 Å². The summed E-state index contributed by atoms with van der Waals surface area (Å²) in [5, 5.41) is 12.1. The van der Waals surface area contributed by atoms with E-state index in [9.17, 15) is 0 Å². The van der Waals surface area contributed by atoms with Crippen LogP contribution in [0.15, 0.2) is 30.3 Å². The van der Waals surface area contributed by atoms with E-state index in [1.165, 1.54) is 5.56 Å². The zero-order valence-corrected chi connectivity index (χ0v) is 15.3. The molecule has 7 nitrogen and oxygen atoms in total. The summed E-state index contributed by atoms with van der Waals surface area (Å²) < 4.78 is 10.7. The zero-order valence-electron chi connectivity index (χ0n) is 15.3. The van der Waals surface area contributed by atoms with Crippen molar-refractivity contribution in [2.24, 2.45) is 0 Å². The Morgan fingerprint density at radius 3 is 2.77 bits per heavy atom. The summed E-state index contributed by atoms with van der Waals surface area (Å²) in [7, 11) is 3.68. The van der Waals surface area contributed by atoms with Crippen molar-refractivity contribution in [1.29, 1.82) is 0 Å². The first-order chi connectivity index (χ1) is 12.7. The van der Waals surface area contributed by atoms with Gasteiger partial charge in [-0.05, 0) is 24.1 Å². The minimum atomic E-state index is 0.0388. The molecule has 1 aliphatic heterocycles. The van der Waals surface area contributed by atoms with Crippen molar-refractivity contribution in [2.45, 2.75) is 18.9 Å². The molecule has 0 saturated carbocycles. The molecule has 0 radical (unpaired) electrons. The molecule has 7 heteroatoms. The number of aliphatic hydroxyl groups is 1. The summed E-state index contributed by atoms with van der Waals surface area (Å²) in [6.45, 7) is 2.65. The quantitative estimate of drug-likeness (QED) is 0.747. The first-order valence-electron chi connectivity index (χ1n) is 8.85. The average molecular weight is 358 g/mol. The number of aliphatic hydroxyl groups excluding tert-OH is 1. The van der Waals surface area contributed by atoms with Crippen LogP contribution in [-0.2, 0) is 11.3 Å². The fourth-order valence-electron chi connectivity index (χ4n) is 2.96. The van der Waals surface area contributed by atoms with E-state index in [-0.39, 0.29) is 6.61 Å². The number of hydrogen-bond donors (Lipinski definition) is 2. The third-order valence-corrected chi connectivity index (χ3v) is 4.45. The Morgan fingerprint density at radius 1 is 1.31 bits per heavy atom. The van der Waals surface area contributed by atoms with Crippen LogP contribution < -0.4 is 15.0 Å². The highest BCUT2D eigenvalue weighted by Crippen LogP contribution is 2.27. The Hall–Kier alpha value is -2.38. The summed E-state index contributed by atoms with van der Waals surface area (Å²) in [6.07, 6.45) is 0.970. The highest BCUT2D eigenvalue weighted by Gasteiger charge is 2.21. The first kappa shape index (κ1) is 18.4. The van der Waals surface area contributed by atoms with Gasteiger partial charge >= 0.3 is 0 Å². The normalized spacial score (nSPS) is 16.5. The number of hydrogen-bond acceptors (Lipinski definition) is 7. The fourth-order valence-corrected chi connectivity index (χ4v) is 2.96. The number of nitrogens with zero attached hydrogens (tertiary/aromatic N) is 3. The molecule has 26 heavy (non-hydrogen) atoms. The summed E-state index contributed by atoms with van der Waals surface area (Å²) in [5.74, 6) is 2.52. The monoisotopic (exact) mass is 358 g/mol. The molecule has 1 aliphatic rings. The number of methoxy groups -OCH3 is 1. The molecule has 1 fully saturated rings. The summed E-state index contributed by atoms with van der Waals surface area (Å²) >= 11 is 0. The maximum atomic E-state index is 9.07. The van der Waals surface area contributed by atoms with Crippen molar-refractivity contribution in [3.63, 3.8) is 0 Å². The maximum absolute atomic E-state index is 9.07. The number of anilines is 2. The van der Waals surface area contributed by atoms with Gasteiger partial charge in [0.05, 0.1) is 26.0 Å². The number of aromatic nitrogens is 2. The second-order valence-corrected chi connectivity index (χ2v) is 6.39. The lowest BCUT2D eigenvalue weighted by Gasteiger charge is -2.21. The molecule has 1 atom stereocenters. The molecule has 1 aromatic heterocycles. The van der Waals surface area contributed by atoms with Crippen LogP contribution >= 0.6 is 0 Å². The molecule has 0 amide bonds. The van der Waals surface area contributed by atoms with Gasteiger partial charge in [-0.2, -0.15) is 4.98 Å². The highest BCUT2D eigenvalue weighted by molar-refractivity contribution is 5.46. The number of rotatable bonds is 8. The average Bonchev–Trinajstić information content (AvgIpc) is 3.21. The van der Waals surface area contributed by atoms with Crippen molar-refractivity contribution in [1.82, 2.24) is 9.97 Å². The van der Waals surface area contributed by atoms with E-state index in [0.29, 0.717) is 25.0 Å². The molecule has 2 heterocycles. The molecule has 1 saturated heterocycles. The minimum Gasteiger partial charge on any atom is -0.497 e. The van der Waals surface area contributed by atoms with Gasteiger partial charge in [-0.15, -0.1) is 0 Å². The largest absolute Gasteiger partial charge is 0.497 e. The molecule has 3 rings (SSSR count). The maximum Gasteiger partial charge on any atom is 0.224 e. The molecular weight excluding hydrogens is 332 g/mol. The molecule has 2 N–H and O–H groups in total. The van der Waals surface area contributed by atoms with Crippen LogP contribution in [0.2, 0.25) is 0 Å². The molecule has 2 aromatic rings. The van der Waals surface area contributed by atoms with Gasteiger partial charge in [0.1, 0.15) is 11.6 Å². The third kappa shape index (κ3) is 4.62. The Morgan fingerprint density at radius 2 is 2.12 bits per heavy atom. The first-order valence-corrected chi connectivity index (χ1v) is 8.85. The third-order valence-electron chi connectivity index (χ3n) is 4.45. The van der Waals surface area contributed by atoms with Gasteiger partial charge < -0.3 is 24.8 Å². The summed E-state index contributed by atoms with van der Waals surface area (Å²) in [4.78, 5) is 11.3.